The highest BCUT2D eigenvalue weighted by molar-refractivity contribution is 9.09. The Morgan fingerprint density at radius 1 is 1.00 bits per heavy atom. The largest absolute Gasteiger partial charge is 0.392 e. The van der Waals surface area contributed by atoms with Crippen LogP contribution in [0.3, 0.4) is 0 Å². The first-order valence-corrected chi connectivity index (χ1v) is 15.6. The van der Waals surface area contributed by atoms with Crippen LogP contribution in [0.2, 0.25) is 0 Å². The highest BCUT2D eigenvalue weighted by atomic mass is 79.9. The predicted octanol–water partition coefficient (Wildman–Crippen LogP) is 7.04. The Morgan fingerprint density at radius 2 is 1.65 bits per heavy atom. The average molecular weight is 573 g/mol. The van der Waals surface area contributed by atoms with E-state index in [9.17, 15) is 20.0 Å². The van der Waals surface area contributed by atoms with E-state index in [-0.39, 0.29) is 62.1 Å². The lowest BCUT2D eigenvalue weighted by Gasteiger charge is -2.72. The number of carbonyl (C=O) groups excluding carboxylic acids is 2. The topological polar surface area (TPSA) is 78.2 Å². The van der Waals surface area contributed by atoms with Gasteiger partial charge in [-0.05, 0) is 84.4 Å². The molecule has 4 fully saturated rings. The Labute approximate surface area is 232 Å². The normalized spacial score (nSPS) is 48.9. The molecule has 0 bridgehead atoms. The van der Waals surface area contributed by atoms with Crippen LogP contribution in [0.4, 0.5) is 0 Å². The maximum atomic E-state index is 14.5. The molecule has 5 aliphatic rings. The van der Waals surface area contributed by atoms with Gasteiger partial charge in [0, 0.05) is 28.5 Å². The molecule has 204 valence electrons. The minimum atomic E-state index is -0.605. The highest BCUT2D eigenvalue weighted by Gasteiger charge is 2.72. The Kier molecular flexibility index (Phi) is 6.16. The lowest BCUT2D eigenvalue weighted by molar-refractivity contribution is -0.232. The molecule has 5 rings (SSSR count). The number of allylic oxidation sites excluding steroid dienone is 2. The number of Topliss-reactive ketones (excluding diaryl/α,β-unsaturated/α-hetero) is 2. The quantitative estimate of drug-likeness (QED) is 0.360. The van der Waals surface area contributed by atoms with Crippen LogP contribution in [0.5, 0.6) is 0 Å². The first-order valence-electron chi connectivity index (χ1n) is 14.5. The lowest BCUT2D eigenvalue weighted by atomic mass is 9.31. The monoisotopic (exact) mass is 571 g/mol. The number of hydrogen-bond acceptors (Lipinski definition) is 4. The zero-order valence-corrected chi connectivity index (χ0v) is 25.5. The third-order valence-corrected chi connectivity index (χ3v) is 14.0. The Morgan fingerprint density at radius 3 is 2.27 bits per heavy atom. The smallest absolute Gasteiger partial charge is 0.178 e. The minimum Gasteiger partial charge on any atom is -0.392 e. The maximum absolute atomic E-state index is 14.5. The van der Waals surface area contributed by atoms with Gasteiger partial charge in [0.15, 0.2) is 5.78 Å². The van der Waals surface area contributed by atoms with Crippen molar-refractivity contribution >= 4 is 27.5 Å². The van der Waals surface area contributed by atoms with E-state index in [0.717, 1.165) is 44.9 Å². The van der Waals surface area contributed by atoms with Crippen LogP contribution in [0, 0.1) is 67.5 Å². The second kappa shape index (κ2) is 8.26. The number of nitriles is 1. The van der Waals surface area contributed by atoms with Crippen molar-refractivity contribution in [2.24, 2.45) is 56.2 Å². The molecule has 4 nitrogen and oxygen atoms in total. The van der Waals surface area contributed by atoms with Gasteiger partial charge in [-0.3, -0.25) is 9.59 Å². The SMILES string of the molecule is CC1(C)CC[C@]2([C@H](O)CBr)CC[C@]3(C)C(C(=O)C[C@@H]4[C@@]5(C)C=C(C#N)C(=O)C(C)(C)[C@@H]5CC[C@]43C)C2C1. The van der Waals surface area contributed by atoms with E-state index >= 15 is 0 Å². The summed E-state index contributed by atoms with van der Waals surface area (Å²) in [5.41, 5.74) is -0.960. The molecule has 5 aliphatic carbocycles. The van der Waals surface area contributed by atoms with E-state index in [1.54, 1.807) is 0 Å². The van der Waals surface area contributed by atoms with Crippen LogP contribution in [0.15, 0.2) is 11.6 Å². The second-order valence-corrected chi connectivity index (χ2v) is 16.2. The van der Waals surface area contributed by atoms with Crippen LogP contribution < -0.4 is 0 Å². The number of alkyl halides is 1. The third-order valence-electron chi connectivity index (χ3n) is 13.3. The van der Waals surface area contributed by atoms with Gasteiger partial charge >= 0.3 is 0 Å². The molecule has 1 N–H and O–H groups in total. The molecule has 4 saturated carbocycles. The summed E-state index contributed by atoms with van der Waals surface area (Å²) in [5, 5.41) is 21.9. The first-order chi connectivity index (χ1) is 17.0. The van der Waals surface area contributed by atoms with Gasteiger partial charge < -0.3 is 5.11 Å². The van der Waals surface area contributed by atoms with Crippen molar-refractivity contribution in [2.75, 3.05) is 5.33 Å². The molecular weight excluding hydrogens is 526 g/mol. The highest BCUT2D eigenvalue weighted by Crippen LogP contribution is 2.76. The predicted molar refractivity (Wildman–Crippen MR) is 149 cm³/mol. The summed E-state index contributed by atoms with van der Waals surface area (Å²) in [6.07, 6.45) is 9.00. The van der Waals surface area contributed by atoms with Crippen LogP contribution in [-0.4, -0.2) is 28.1 Å². The van der Waals surface area contributed by atoms with Crippen LogP contribution in [-0.2, 0) is 9.59 Å². The first kappa shape index (κ1) is 27.6. The molecular formula is C32H46BrNO3. The fraction of sp³-hybridized carbons (Fsp3) is 0.844. The molecule has 0 heterocycles. The van der Waals surface area contributed by atoms with Gasteiger partial charge in [0.05, 0.1) is 11.7 Å². The lowest BCUT2D eigenvalue weighted by Crippen LogP contribution is -2.69. The molecule has 0 radical (unpaired) electrons. The third kappa shape index (κ3) is 3.39. The second-order valence-electron chi connectivity index (χ2n) is 15.6. The van der Waals surface area contributed by atoms with Gasteiger partial charge in [-0.2, -0.15) is 5.26 Å². The zero-order valence-electron chi connectivity index (χ0n) is 23.9. The molecule has 0 amide bonds. The summed E-state index contributed by atoms with van der Waals surface area (Å²) in [6, 6.07) is 2.22. The number of carbonyl (C=O) groups is 2. The number of ketones is 2. The van der Waals surface area contributed by atoms with Crippen LogP contribution >= 0.6 is 15.9 Å². The number of rotatable bonds is 2. The number of hydrogen-bond donors (Lipinski definition) is 1. The van der Waals surface area contributed by atoms with Crippen LogP contribution in [0.25, 0.3) is 0 Å². The fourth-order valence-corrected chi connectivity index (χ4v) is 11.7. The molecule has 0 aromatic heterocycles. The summed E-state index contributed by atoms with van der Waals surface area (Å²) in [7, 11) is 0. The van der Waals surface area contributed by atoms with E-state index in [1.807, 2.05) is 19.9 Å². The molecule has 37 heavy (non-hydrogen) atoms. The summed E-state index contributed by atoms with van der Waals surface area (Å²) >= 11 is 3.60. The summed E-state index contributed by atoms with van der Waals surface area (Å²) in [4.78, 5) is 27.7. The van der Waals surface area contributed by atoms with Crippen molar-refractivity contribution in [3.63, 3.8) is 0 Å². The summed E-state index contributed by atoms with van der Waals surface area (Å²) < 4.78 is 0. The maximum Gasteiger partial charge on any atom is 0.178 e. The van der Waals surface area contributed by atoms with Crippen molar-refractivity contribution in [2.45, 2.75) is 106 Å². The number of halogens is 1. The zero-order chi connectivity index (χ0) is 27.4. The Bertz CT molecular complexity index is 1100. The van der Waals surface area contributed by atoms with Gasteiger partial charge in [-0.25, -0.2) is 0 Å². The van der Waals surface area contributed by atoms with Crippen molar-refractivity contribution in [1.29, 1.82) is 5.26 Å². The summed E-state index contributed by atoms with van der Waals surface area (Å²) in [6.45, 7) is 15.8. The van der Waals surface area contributed by atoms with Gasteiger partial charge in [0.2, 0.25) is 0 Å². The molecule has 0 saturated heterocycles. The van der Waals surface area contributed by atoms with Crippen molar-refractivity contribution in [1.82, 2.24) is 0 Å². The van der Waals surface area contributed by atoms with E-state index in [1.165, 1.54) is 0 Å². The van der Waals surface area contributed by atoms with Gasteiger partial charge in [-0.15, -0.1) is 0 Å². The number of nitrogens with zero attached hydrogens (tertiary/aromatic N) is 1. The molecule has 0 aliphatic heterocycles. The van der Waals surface area contributed by atoms with Gasteiger partial charge in [0.25, 0.3) is 0 Å². The molecule has 0 aromatic carbocycles. The molecule has 9 atom stereocenters. The molecule has 5 heteroatoms. The van der Waals surface area contributed by atoms with Gasteiger partial charge in [-0.1, -0.05) is 70.5 Å². The van der Waals surface area contributed by atoms with Gasteiger partial charge in [0.1, 0.15) is 11.9 Å². The Balaban J connectivity index is 1.64. The van der Waals surface area contributed by atoms with E-state index in [0.29, 0.717) is 17.5 Å². The van der Waals surface area contributed by atoms with Crippen molar-refractivity contribution < 1.29 is 14.7 Å². The molecule has 2 unspecified atom stereocenters. The standard InChI is InChI=1S/C32H46BrNO3/c1-27(2)10-12-32(24(36)17-33)13-11-31(7)25(20(32)16-27)21(35)14-23-29(5)15-19(18-34)26(37)28(3,4)22(29)8-9-30(23,31)6/h15,20,22-25,36H,8-14,16-17H2,1-7H3/t20?,22-,23+,24+,25?,29-,30+,31+,32-/m0/s1. The Hall–Kier alpha value is -0.990. The number of fused-ring (bicyclic) bond motifs is 7. The van der Waals surface area contributed by atoms with E-state index in [4.69, 9.17) is 0 Å². The molecule has 0 spiro atoms. The van der Waals surface area contributed by atoms with E-state index in [2.05, 4.69) is 56.6 Å². The summed E-state index contributed by atoms with van der Waals surface area (Å²) in [5.74, 6) is 0.696. The van der Waals surface area contributed by atoms with E-state index < -0.39 is 11.5 Å². The van der Waals surface area contributed by atoms with Crippen molar-refractivity contribution in [3.05, 3.63) is 11.6 Å². The fourth-order valence-electron chi connectivity index (χ4n) is 11.1. The van der Waals surface area contributed by atoms with Crippen molar-refractivity contribution in [3.8, 4) is 6.07 Å². The molecule has 0 aromatic rings. The number of aliphatic hydroxyl groups excluding tert-OH is 1. The average Bonchev–Trinajstić information content (AvgIpc) is 2.82. The minimum absolute atomic E-state index is 0.0389. The van der Waals surface area contributed by atoms with Crippen LogP contribution in [0.1, 0.15) is 99.8 Å². The number of aliphatic hydroxyl groups is 1.